The molecule has 2 atom stereocenters. The van der Waals surface area contributed by atoms with E-state index < -0.39 is 11.6 Å². The van der Waals surface area contributed by atoms with Crippen LogP contribution in [0.4, 0.5) is 26.0 Å². The average Bonchev–Trinajstić information content (AvgIpc) is 2.90. The van der Waals surface area contributed by atoms with Gasteiger partial charge in [0.05, 0.1) is 45.1 Å². The first-order chi connectivity index (χ1) is 17.8. The summed E-state index contributed by atoms with van der Waals surface area (Å²) in [6.07, 6.45) is 3.52. The van der Waals surface area contributed by atoms with Crippen LogP contribution in [-0.2, 0) is 16.1 Å². The minimum Gasteiger partial charge on any atom is -0.493 e. The van der Waals surface area contributed by atoms with Crippen molar-refractivity contribution in [3.8, 4) is 11.5 Å². The highest BCUT2D eigenvalue weighted by atomic mass is 32.1. The second-order valence-corrected chi connectivity index (χ2v) is 8.87. The van der Waals surface area contributed by atoms with Gasteiger partial charge in [-0.05, 0) is 31.6 Å². The van der Waals surface area contributed by atoms with Gasteiger partial charge >= 0.3 is 0 Å². The van der Waals surface area contributed by atoms with Crippen LogP contribution in [-0.4, -0.2) is 62.1 Å². The van der Waals surface area contributed by atoms with Crippen molar-refractivity contribution in [3.05, 3.63) is 48.2 Å². The van der Waals surface area contributed by atoms with Gasteiger partial charge in [-0.1, -0.05) is 6.58 Å². The first-order valence-electron chi connectivity index (χ1n) is 11.8. The first kappa shape index (κ1) is 26.6. The monoisotopic (exact) mass is 533 g/mol. The molecule has 1 amide bonds. The second kappa shape index (κ2) is 11.3. The number of carbonyl (C=O) groups is 1. The molecule has 1 saturated heterocycles. The van der Waals surface area contributed by atoms with E-state index in [1.165, 1.54) is 25.2 Å². The molecule has 2 aliphatic rings. The number of pyridine rings is 1. The van der Waals surface area contributed by atoms with E-state index in [1.807, 2.05) is 13.0 Å². The van der Waals surface area contributed by atoms with Gasteiger partial charge in [0.25, 0.3) is 0 Å². The molecular formula is C25H29F2N5O4S. The van der Waals surface area contributed by atoms with Gasteiger partial charge in [0.15, 0.2) is 28.2 Å². The largest absolute Gasteiger partial charge is 0.493 e. The van der Waals surface area contributed by atoms with E-state index in [4.69, 9.17) is 26.4 Å². The van der Waals surface area contributed by atoms with Crippen LogP contribution < -0.4 is 29.9 Å². The van der Waals surface area contributed by atoms with Crippen molar-refractivity contribution < 1.29 is 27.8 Å². The van der Waals surface area contributed by atoms with Crippen molar-refractivity contribution in [3.63, 3.8) is 0 Å². The van der Waals surface area contributed by atoms with Crippen LogP contribution in [0.2, 0.25) is 0 Å². The van der Waals surface area contributed by atoms with Crippen molar-refractivity contribution in [1.29, 1.82) is 0 Å². The fourth-order valence-corrected chi connectivity index (χ4v) is 4.87. The third-order valence-electron chi connectivity index (χ3n) is 6.38. The maximum atomic E-state index is 15.3. The fraction of sp³-hybridized carbons (Fsp3) is 0.400. The fourth-order valence-electron chi connectivity index (χ4n) is 4.49. The number of ether oxygens (including phenoxy) is 3. The summed E-state index contributed by atoms with van der Waals surface area (Å²) in [6.45, 7) is 6.86. The number of carbonyl (C=O) groups excluding carboxylic acids is 1. The van der Waals surface area contributed by atoms with E-state index in [9.17, 15) is 4.79 Å². The molecule has 2 aromatic rings. The molecule has 3 heterocycles. The Kier molecular flexibility index (Phi) is 8.08. The first-order valence-corrected chi connectivity index (χ1v) is 12.2. The Morgan fingerprint density at radius 3 is 2.59 bits per heavy atom. The number of methoxy groups -OCH3 is 2. The molecule has 0 bridgehead atoms. The molecule has 1 aromatic carbocycles. The third kappa shape index (κ3) is 5.16. The Morgan fingerprint density at radius 1 is 1.27 bits per heavy atom. The van der Waals surface area contributed by atoms with E-state index in [0.29, 0.717) is 32.0 Å². The highest BCUT2D eigenvalue weighted by Crippen LogP contribution is 2.41. The van der Waals surface area contributed by atoms with E-state index in [2.05, 4.69) is 22.2 Å². The van der Waals surface area contributed by atoms with Gasteiger partial charge in [0.1, 0.15) is 11.5 Å². The summed E-state index contributed by atoms with van der Waals surface area (Å²) >= 11 is 5.69. The lowest BCUT2D eigenvalue weighted by molar-refractivity contribution is -0.117. The molecule has 0 aliphatic carbocycles. The van der Waals surface area contributed by atoms with Crippen LogP contribution in [0.3, 0.4) is 0 Å². The summed E-state index contributed by atoms with van der Waals surface area (Å²) in [4.78, 5) is 19.5. The number of amides is 1. The molecule has 2 aliphatic heterocycles. The Balaban J connectivity index is 1.66. The van der Waals surface area contributed by atoms with Gasteiger partial charge in [0.2, 0.25) is 5.91 Å². The van der Waals surface area contributed by atoms with Crippen LogP contribution >= 0.6 is 12.2 Å². The van der Waals surface area contributed by atoms with Gasteiger partial charge in [-0.3, -0.25) is 4.79 Å². The van der Waals surface area contributed by atoms with Gasteiger partial charge in [-0.2, -0.15) is 0 Å². The van der Waals surface area contributed by atoms with Gasteiger partial charge < -0.3 is 34.6 Å². The van der Waals surface area contributed by atoms with Crippen LogP contribution in [0.15, 0.2) is 31.0 Å². The lowest BCUT2D eigenvalue weighted by atomic mass is 10.0. The molecule has 0 spiro atoms. The van der Waals surface area contributed by atoms with Crippen molar-refractivity contribution in [2.45, 2.75) is 32.0 Å². The van der Waals surface area contributed by atoms with Gasteiger partial charge in [-0.25, -0.2) is 13.8 Å². The van der Waals surface area contributed by atoms with Gasteiger partial charge in [0, 0.05) is 37.0 Å². The standard InChI is InChI=1S/C25H29F2N5O4S/c1-5-21(33)30-15-7-8-36-13-16(15)29-20-9-17-14(11-28-20)12-32(25(37)31(17)6-2)24-22(26)18(34-3)10-19(35-4)23(24)27/h5,9-11,15-16H,1,6-8,12-13H2,2-4H3,(H,28,29)(H,30,33)/t15-,16+/m0/s1. The van der Waals surface area contributed by atoms with E-state index in [-0.39, 0.29) is 46.8 Å². The number of aromatic nitrogens is 1. The Labute approximate surface area is 219 Å². The lowest BCUT2D eigenvalue weighted by Gasteiger charge is -2.40. The average molecular weight is 534 g/mol. The number of thiocarbonyl (C=S) groups is 1. The van der Waals surface area contributed by atoms with Crippen molar-refractivity contribution >= 4 is 40.4 Å². The minimum absolute atomic E-state index is 0.0899. The smallest absolute Gasteiger partial charge is 0.243 e. The molecule has 1 aromatic heterocycles. The van der Waals surface area contributed by atoms with E-state index in [0.717, 1.165) is 17.3 Å². The SMILES string of the molecule is C=CC(=O)N[C@H]1CCOC[C@H]1Nc1cc2c(cn1)CN(c1c(F)c(OC)cc(OC)c1F)C(=S)N2CC. The summed E-state index contributed by atoms with van der Waals surface area (Å²) in [5.41, 5.74) is 1.13. The maximum absolute atomic E-state index is 15.3. The van der Waals surface area contributed by atoms with Crippen LogP contribution in [0, 0.1) is 11.6 Å². The van der Waals surface area contributed by atoms with Crippen LogP contribution in [0.25, 0.3) is 0 Å². The molecule has 198 valence electrons. The summed E-state index contributed by atoms with van der Waals surface area (Å²) in [6, 6.07) is 2.62. The minimum atomic E-state index is -0.876. The van der Waals surface area contributed by atoms with Crippen molar-refractivity contribution in [1.82, 2.24) is 10.3 Å². The molecule has 4 rings (SSSR count). The van der Waals surface area contributed by atoms with Gasteiger partial charge in [-0.15, -0.1) is 0 Å². The quantitative estimate of drug-likeness (QED) is 0.392. The van der Waals surface area contributed by atoms with Crippen LogP contribution in [0.1, 0.15) is 18.9 Å². The lowest BCUT2D eigenvalue weighted by Crippen LogP contribution is -2.52. The molecule has 9 nitrogen and oxygen atoms in total. The highest BCUT2D eigenvalue weighted by molar-refractivity contribution is 7.80. The molecule has 37 heavy (non-hydrogen) atoms. The number of nitrogens with zero attached hydrogens (tertiary/aromatic N) is 3. The zero-order valence-electron chi connectivity index (χ0n) is 20.8. The van der Waals surface area contributed by atoms with Crippen molar-refractivity contribution in [2.75, 3.05) is 49.1 Å². The van der Waals surface area contributed by atoms with E-state index >= 15 is 8.78 Å². The summed E-state index contributed by atoms with van der Waals surface area (Å²) in [5.74, 6) is -1.76. The molecular weight excluding hydrogens is 504 g/mol. The molecule has 0 radical (unpaired) electrons. The highest BCUT2D eigenvalue weighted by Gasteiger charge is 2.34. The number of fused-ring (bicyclic) bond motifs is 1. The van der Waals surface area contributed by atoms with E-state index in [1.54, 1.807) is 11.1 Å². The topological polar surface area (TPSA) is 88.2 Å². The number of nitrogens with one attached hydrogen (secondary N) is 2. The summed E-state index contributed by atoms with van der Waals surface area (Å²) in [5, 5.41) is 6.48. The zero-order chi connectivity index (χ0) is 26.7. The molecule has 0 saturated carbocycles. The second-order valence-electron chi connectivity index (χ2n) is 8.50. The zero-order valence-corrected chi connectivity index (χ0v) is 21.7. The Hall–Kier alpha value is -3.51. The molecule has 1 fully saturated rings. The van der Waals surface area contributed by atoms with Crippen molar-refractivity contribution in [2.24, 2.45) is 0 Å². The summed E-state index contributed by atoms with van der Waals surface area (Å²) in [7, 11) is 2.59. The number of hydrogen-bond acceptors (Lipinski definition) is 7. The number of rotatable bonds is 8. The Morgan fingerprint density at radius 2 is 1.97 bits per heavy atom. The third-order valence-corrected chi connectivity index (χ3v) is 6.82. The number of hydrogen-bond donors (Lipinski definition) is 2. The Bertz CT molecular complexity index is 1190. The number of anilines is 3. The number of halogens is 2. The maximum Gasteiger partial charge on any atom is 0.243 e. The summed E-state index contributed by atoms with van der Waals surface area (Å²) < 4.78 is 46.3. The molecule has 2 N–H and O–H groups in total. The van der Waals surface area contributed by atoms with Crippen LogP contribution in [0.5, 0.6) is 11.5 Å². The predicted molar refractivity (Wildman–Crippen MR) is 140 cm³/mol. The normalized spacial score (nSPS) is 19.2. The predicted octanol–water partition coefficient (Wildman–Crippen LogP) is 3.38. The molecule has 0 unspecified atom stereocenters. The molecule has 12 heteroatoms. The number of benzene rings is 1.